The van der Waals surface area contributed by atoms with Crippen LogP contribution in [0, 0.1) is 5.92 Å². The third-order valence-electron chi connectivity index (χ3n) is 5.74. The summed E-state index contributed by atoms with van der Waals surface area (Å²) in [6.45, 7) is 2.61. The van der Waals surface area contributed by atoms with E-state index >= 15 is 0 Å². The fraction of sp³-hybridized carbons (Fsp3) is 0.391. The van der Waals surface area contributed by atoms with Crippen molar-refractivity contribution in [1.29, 1.82) is 0 Å². The van der Waals surface area contributed by atoms with Crippen molar-refractivity contribution >= 4 is 17.6 Å². The van der Waals surface area contributed by atoms with Crippen molar-refractivity contribution in [2.24, 2.45) is 5.92 Å². The normalized spacial score (nSPS) is 16.4. The van der Waals surface area contributed by atoms with E-state index in [1.54, 1.807) is 12.0 Å². The summed E-state index contributed by atoms with van der Waals surface area (Å²) >= 11 is 0. The van der Waals surface area contributed by atoms with Gasteiger partial charge in [0.2, 0.25) is 5.91 Å². The second-order valence-corrected chi connectivity index (χ2v) is 7.54. The van der Waals surface area contributed by atoms with Crippen LogP contribution in [0.5, 0.6) is 11.5 Å². The molecule has 2 aliphatic heterocycles. The van der Waals surface area contributed by atoms with Gasteiger partial charge in [-0.15, -0.1) is 0 Å². The Labute approximate surface area is 176 Å². The molecule has 0 spiro atoms. The second kappa shape index (κ2) is 9.07. The minimum Gasteiger partial charge on any atom is -0.496 e. The predicted octanol–water partition coefficient (Wildman–Crippen LogP) is 3.04. The molecule has 3 amide bonds. The van der Waals surface area contributed by atoms with Gasteiger partial charge >= 0.3 is 6.03 Å². The van der Waals surface area contributed by atoms with Gasteiger partial charge in [-0.2, -0.15) is 0 Å². The van der Waals surface area contributed by atoms with E-state index in [1.165, 1.54) is 0 Å². The van der Waals surface area contributed by atoms with Gasteiger partial charge in [0, 0.05) is 31.1 Å². The zero-order valence-electron chi connectivity index (χ0n) is 17.2. The molecule has 2 aliphatic rings. The molecular formula is C23H27N3O4. The maximum Gasteiger partial charge on any atom is 0.324 e. The van der Waals surface area contributed by atoms with Crippen LogP contribution in [0.15, 0.2) is 48.5 Å². The maximum absolute atomic E-state index is 13.1. The lowest BCUT2D eigenvalue weighted by molar-refractivity contribution is -0.126. The minimum atomic E-state index is -0.0827. The van der Waals surface area contributed by atoms with Gasteiger partial charge in [-0.25, -0.2) is 4.79 Å². The number of fused-ring (bicyclic) bond motifs is 1. The molecule has 0 saturated carbocycles. The summed E-state index contributed by atoms with van der Waals surface area (Å²) in [6, 6.07) is 15.3. The Morgan fingerprint density at radius 3 is 2.60 bits per heavy atom. The van der Waals surface area contributed by atoms with E-state index in [9.17, 15) is 9.59 Å². The van der Waals surface area contributed by atoms with Crippen LogP contribution in [0.4, 0.5) is 10.5 Å². The van der Waals surface area contributed by atoms with Crippen LogP contribution < -0.4 is 19.7 Å². The Bertz CT molecular complexity index is 909. The lowest BCUT2D eigenvalue weighted by atomic mass is 9.96. The van der Waals surface area contributed by atoms with Gasteiger partial charge in [-0.05, 0) is 31.0 Å². The van der Waals surface area contributed by atoms with Crippen molar-refractivity contribution < 1.29 is 19.1 Å². The molecule has 0 aliphatic carbocycles. The molecule has 0 bridgehead atoms. The Balaban J connectivity index is 1.31. The Kier molecular flexibility index (Phi) is 6.07. The van der Waals surface area contributed by atoms with Crippen molar-refractivity contribution in [2.75, 3.05) is 38.3 Å². The highest BCUT2D eigenvalue weighted by atomic mass is 16.5. The fourth-order valence-electron chi connectivity index (χ4n) is 4.05. The van der Waals surface area contributed by atoms with Crippen LogP contribution in [0.1, 0.15) is 18.4 Å². The number of urea groups is 1. The summed E-state index contributed by atoms with van der Waals surface area (Å²) in [5, 5.41) is 3.01. The highest BCUT2D eigenvalue weighted by Gasteiger charge is 2.32. The maximum atomic E-state index is 13.1. The SMILES string of the molecule is COc1ccccc1CNC(=O)C1CCN(C(=O)N2CCOc3ccccc32)CC1. The zero-order chi connectivity index (χ0) is 20.9. The average Bonchev–Trinajstić information content (AvgIpc) is 2.82. The molecule has 7 nitrogen and oxygen atoms in total. The number of piperidine rings is 1. The van der Waals surface area contributed by atoms with Crippen LogP contribution in [0.2, 0.25) is 0 Å². The monoisotopic (exact) mass is 409 g/mol. The van der Waals surface area contributed by atoms with Crippen molar-refractivity contribution in [2.45, 2.75) is 19.4 Å². The predicted molar refractivity (Wildman–Crippen MR) is 114 cm³/mol. The molecule has 1 saturated heterocycles. The van der Waals surface area contributed by atoms with E-state index in [-0.39, 0.29) is 17.9 Å². The summed E-state index contributed by atoms with van der Waals surface area (Å²) in [6.07, 6.45) is 1.32. The van der Waals surface area contributed by atoms with Gasteiger partial charge < -0.3 is 19.7 Å². The van der Waals surface area contributed by atoms with Crippen LogP contribution >= 0.6 is 0 Å². The van der Waals surface area contributed by atoms with E-state index in [0.717, 1.165) is 22.7 Å². The largest absolute Gasteiger partial charge is 0.496 e. The fourth-order valence-corrected chi connectivity index (χ4v) is 4.05. The number of benzene rings is 2. The summed E-state index contributed by atoms with van der Waals surface area (Å²) in [7, 11) is 1.63. The minimum absolute atomic E-state index is 0.0152. The Hall–Kier alpha value is -3.22. The number of hydrogen-bond acceptors (Lipinski definition) is 4. The van der Waals surface area contributed by atoms with E-state index in [1.807, 2.05) is 53.4 Å². The summed E-state index contributed by atoms with van der Waals surface area (Å²) in [5.74, 6) is 1.46. The molecule has 2 aromatic rings. The number of para-hydroxylation sites is 3. The standard InChI is InChI=1S/C23H27N3O4/c1-29-20-8-4-2-6-18(20)16-24-22(27)17-10-12-25(13-11-17)23(28)26-14-15-30-21-9-5-3-7-19(21)26/h2-9,17H,10-16H2,1H3,(H,24,27). The Morgan fingerprint density at radius 1 is 1.07 bits per heavy atom. The number of hydrogen-bond donors (Lipinski definition) is 1. The zero-order valence-corrected chi connectivity index (χ0v) is 17.2. The number of ether oxygens (including phenoxy) is 2. The van der Waals surface area contributed by atoms with Gasteiger partial charge in [0.1, 0.15) is 18.1 Å². The topological polar surface area (TPSA) is 71.1 Å². The smallest absolute Gasteiger partial charge is 0.324 e. The number of likely N-dealkylation sites (tertiary alicyclic amines) is 1. The van der Waals surface area contributed by atoms with Crippen molar-refractivity contribution in [3.05, 3.63) is 54.1 Å². The van der Waals surface area contributed by atoms with Crippen LogP contribution in [0.25, 0.3) is 0 Å². The molecule has 1 fully saturated rings. The summed E-state index contributed by atoms with van der Waals surface area (Å²) in [5.41, 5.74) is 1.76. The Morgan fingerprint density at radius 2 is 1.80 bits per heavy atom. The first-order valence-electron chi connectivity index (χ1n) is 10.3. The molecule has 0 atom stereocenters. The molecule has 30 heavy (non-hydrogen) atoms. The van der Waals surface area contributed by atoms with Gasteiger partial charge in [-0.1, -0.05) is 30.3 Å². The van der Waals surface area contributed by atoms with E-state index < -0.39 is 0 Å². The highest BCUT2D eigenvalue weighted by molar-refractivity contribution is 5.94. The van der Waals surface area contributed by atoms with Crippen LogP contribution in [0.3, 0.4) is 0 Å². The molecule has 0 unspecified atom stereocenters. The quantitative estimate of drug-likeness (QED) is 0.843. The first kappa shape index (κ1) is 20.1. The number of rotatable bonds is 4. The molecular weight excluding hydrogens is 382 g/mol. The van der Waals surface area contributed by atoms with E-state index in [4.69, 9.17) is 9.47 Å². The average molecular weight is 409 g/mol. The molecule has 1 N–H and O–H groups in total. The molecule has 158 valence electrons. The number of methoxy groups -OCH3 is 1. The molecule has 2 heterocycles. The third kappa shape index (κ3) is 4.20. The number of amides is 3. The first-order valence-corrected chi connectivity index (χ1v) is 10.3. The highest BCUT2D eigenvalue weighted by Crippen LogP contribution is 2.32. The van der Waals surface area contributed by atoms with Crippen LogP contribution in [-0.2, 0) is 11.3 Å². The van der Waals surface area contributed by atoms with E-state index in [2.05, 4.69) is 5.32 Å². The van der Waals surface area contributed by atoms with Gasteiger partial charge in [-0.3, -0.25) is 9.69 Å². The van der Waals surface area contributed by atoms with Gasteiger partial charge in [0.05, 0.1) is 19.3 Å². The van der Waals surface area contributed by atoms with E-state index in [0.29, 0.717) is 45.6 Å². The third-order valence-corrected chi connectivity index (χ3v) is 5.74. The lowest BCUT2D eigenvalue weighted by Crippen LogP contribution is -2.50. The number of nitrogens with zero attached hydrogens (tertiary/aromatic N) is 2. The second-order valence-electron chi connectivity index (χ2n) is 7.54. The van der Waals surface area contributed by atoms with Crippen LogP contribution in [-0.4, -0.2) is 50.2 Å². The number of carbonyl (C=O) groups is 2. The van der Waals surface area contributed by atoms with Crippen molar-refractivity contribution in [3.8, 4) is 11.5 Å². The summed E-state index contributed by atoms with van der Waals surface area (Å²) < 4.78 is 11.0. The van der Waals surface area contributed by atoms with Crippen molar-refractivity contribution in [1.82, 2.24) is 10.2 Å². The number of carbonyl (C=O) groups excluding carboxylic acids is 2. The molecule has 2 aromatic carbocycles. The molecule has 7 heteroatoms. The lowest BCUT2D eigenvalue weighted by Gasteiger charge is -2.37. The number of nitrogens with one attached hydrogen (secondary N) is 1. The van der Waals surface area contributed by atoms with Gasteiger partial charge in [0.15, 0.2) is 0 Å². The molecule has 0 aromatic heterocycles. The van der Waals surface area contributed by atoms with Gasteiger partial charge in [0.25, 0.3) is 0 Å². The first-order chi connectivity index (χ1) is 14.7. The number of anilines is 1. The van der Waals surface area contributed by atoms with Crippen molar-refractivity contribution in [3.63, 3.8) is 0 Å². The molecule has 4 rings (SSSR count). The summed E-state index contributed by atoms with van der Waals surface area (Å²) in [4.78, 5) is 29.3. The molecule has 0 radical (unpaired) electrons.